The molecule has 0 unspecified atom stereocenters. The molecule has 0 radical (unpaired) electrons. The third-order valence-corrected chi connectivity index (χ3v) is 8.84. The minimum Gasteiger partial charge on any atom is -0.872 e. The van der Waals surface area contributed by atoms with Crippen LogP contribution in [0.1, 0.15) is 189 Å². The van der Waals surface area contributed by atoms with Crippen LogP contribution >= 0.6 is 0 Å². The van der Waals surface area contributed by atoms with Crippen LogP contribution in [0.5, 0.6) is 17.2 Å². The minimum atomic E-state index is -1.16. The topological polar surface area (TPSA) is 181 Å². The number of carboxylic acid groups (broad SMARTS) is 3. The molecule has 0 saturated heterocycles. The molecule has 0 aromatic heterocycles. The molecule has 0 aliphatic heterocycles. The molecular weight excluding hydrogens is 711 g/mol. The van der Waals surface area contributed by atoms with Crippen molar-refractivity contribution in [1.82, 2.24) is 0 Å². The molecule has 0 bridgehead atoms. The van der Waals surface area contributed by atoms with E-state index in [1.807, 2.05) is 125 Å². The Morgan fingerprint density at radius 1 is 0.364 bits per heavy atom. The molecule has 300 valence electrons. The van der Waals surface area contributed by atoms with Gasteiger partial charge in [-0.25, -0.2) is 14.4 Å². The number of hydrogen-bond acceptors (Lipinski definition) is 6. The second-order valence-electron chi connectivity index (χ2n) is 20.0. The van der Waals surface area contributed by atoms with Crippen molar-refractivity contribution >= 4 is 35.3 Å². The van der Waals surface area contributed by atoms with Crippen molar-refractivity contribution in [3.05, 3.63) is 86.5 Å². The van der Waals surface area contributed by atoms with Crippen molar-refractivity contribution in [3.8, 4) is 17.2 Å². The summed E-state index contributed by atoms with van der Waals surface area (Å²) in [6.07, 6.45) is 0. The zero-order valence-electron chi connectivity index (χ0n) is 36.3. The van der Waals surface area contributed by atoms with E-state index >= 15 is 0 Å². The SMILES string of the molecule is CC(C)(C)c1ccc(C(=O)O)c([O-])c1C(C)(C)C.CC(C)(C)c1ccc(C(=O)O)c([O-])c1C(C)(C)C.CC(C)(C)c1ccc(C(=O)O)c([O-])c1C(C)(C)C.[Al+3]. The number of benzene rings is 3. The monoisotopic (exact) mass is 774 g/mol. The molecule has 0 aliphatic carbocycles. The average molecular weight is 775 g/mol. The number of carboxylic acids is 3. The summed E-state index contributed by atoms with van der Waals surface area (Å²) in [5.41, 5.74) is 2.49. The second kappa shape index (κ2) is 17.4. The Hall–Kier alpha value is -4.00. The van der Waals surface area contributed by atoms with Crippen LogP contribution in [-0.2, 0) is 32.5 Å². The van der Waals surface area contributed by atoms with Crippen LogP contribution in [-0.4, -0.2) is 50.6 Å². The Kier molecular flexibility index (Phi) is 16.2. The van der Waals surface area contributed by atoms with Gasteiger partial charge in [-0.3, -0.25) is 0 Å². The number of carbonyl (C=O) groups is 3. The molecule has 0 saturated carbocycles. The first-order valence-electron chi connectivity index (χ1n) is 18.1. The molecule has 9 nitrogen and oxygen atoms in total. The summed E-state index contributed by atoms with van der Waals surface area (Å²) in [6, 6.07) is 9.56. The van der Waals surface area contributed by atoms with Gasteiger partial charge >= 0.3 is 35.3 Å². The molecule has 0 spiro atoms. The fourth-order valence-corrected chi connectivity index (χ4v) is 6.36. The number of hydrogen-bond donors (Lipinski definition) is 3. The van der Waals surface area contributed by atoms with E-state index in [1.165, 1.54) is 18.2 Å². The van der Waals surface area contributed by atoms with E-state index in [1.54, 1.807) is 18.2 Å². The van der Waals surface area contributed by atoms with Crippen molar-refractivity contribution in [1.29, 1.82) is 0 Å². The summed E-state index contributed by atoms with van der Waals surface area (Å²) >= 11 is 0. The molecule has 0 fully saturated rings. The van der Waals surface area contributed by atoms with Crippen LogP contribution in [0.25, 0.3) is 0 Å². The number of rotatable bonds is 3. The van der Waals surface area contributed by atoms with E-state index in [4.69, 9.17) is 15.3 Å². The zero-order valence-corrected chi connectivity index (χ0v) is 37.5. The predicted octanol–water partition coefficient (Wildman–Crippen LogP) is 8.78. The van der Waals surface area contributed by atoms with Crippen LogP contribution in [0.15, 0.2) is 36.4 Å². The van der Waals surface area contributed by atoms with E-state index in [0.29, 0.717) is 16.7 Å². The fourth-order valence-electron chi connectivity index (χ4n) is 6.36. The first kappa shape index (κ1) is 51.0. The van der Waals surface area contributed by atoms with Crippen molar-refractivity contribution in [2.45, 2.75) is 157 Å². The fraction of sp³-hybridized carbons (Fsp3) is 0.533. The van der Waals surface area contributed by atoms with Crippen molar-refractivity contribution < 1.29 is 45.0 Å². The van der Waals surface area contributed by atoms with Gasteiger partial charge in [0.1, 0.15) is 0 Å². The van der Waals surface area contributed by atoms with E-state index in [0.717, 1.165) is 16.7 Å². The molecule has 0 aliphatic rings. The van der Waals surface area contributed by atoms with Crippen LogP contribution in [0, 0.1) is 0 Å². The Morgan fingerprint density at radius 3 is 0.636 bits per heavy atom. The smallest absolute Gasteiger partial charge is 0.872 e. The quantitative estimate of drug-likeness (QED) is 0.219. The summed E-state index contributed by atoms with van der Waals surface area (Å²) in [5.74, 6) is -4.56. The van der Waals surface area contributed by atoms with Crippen molar-refractivity contribution in [2.75, 3.05) is 0 Å². The van der Waals surface area contributed by atoms with Gasteiger partial charge < -0.3 is 30.6 Å². The van der Waals surface area contributed by atoms with Gasteiger partial charge in [0.05, 0.1) is 16.7 Å². The van der Waals surface area contributed by atoms with Gasteiger partial charge in [0.15, 0.2) is 0 Å². The molecule has 10 heteroatoms. The molecule has 55 heavy (non-hydrogen) atoms. The molecule has 3 aromatic carbocycles. The molecule has 3 N–H and O–H groups in total. The van der Waals surface area contributed by atoms with E-state index in [-0.39, 0.29) is 83.8 Å². The van der Waals surface area contributed by atoms with Crippen LogP contribution in [0.4, 0.5) is 0 Å². The van der Waals surface area contributed by atoms with Crippen LogP contribution in [0.2, 0.25) is 0 Å². The second-order valence-corrected chi connectivity index (χ2v) is 20.0. The zero-order chi connectivity index (χ0) is 42.9. The van der Waals surface area contributed by atoms with Crippen molar-refractivity contribution in [3.63, 3.8) is 0 Å². The van der Waals surface area contributed by atoms with Gasteiger partial charge in [0.25, 0.3) is 0 Å². The predicted molar refractivity (Wildman–Crippen MR) is 216 cm³/mol. The van der Waals surface area contributed by atoms with E-state index < -0.39 is 17.9 Å². The number of aromatic carboxylic acids is 3. The maximum atomic E-state index is 12.3. The Morgan fingerprint density at radius 2 is 0.527 bits per heavy atom. The first-order valence-corrected chi connectivity index (χ1v) is 18.1. The summed E-state index contributed by atoms with van der Waals surface area (Å²) in [6.45, 7) is 35.6. The molecule has 3 aromatic rings. The normalized spacial score (nSPS) is 12.3. The summed E-state index contributed by atoms with van der Waals surface area (Å²) in [7, 11) is 0. The van der Waals surface area contributed by atoms with Gasteiger partial charge in [-0.15, -0.1) is 0 Å². The van der Waals surface area contributed by atoms with E-state index in [9.17, 15) is 29.7 Å². The Bertz CT molecular complexity index is 1650. The minimum absolute atomic E-state index is 0. The maximum absolute atomic E-state index is 12.3. The molecule has 0 atom stereocenters. The Balaban J connectivity index is 0.000000788. The van der Waals surface area contributed by atoms with Crippen LogP contribution < -0.4 is 15.3 Å². The summed E-state index contributed by atoms with van der Waals surface area (Å²) in [5, 5.41) is 64.2. The van der Waals surface area contributed by atoms with Crippen LogP contribution in [0.3, 0.4) is 0 Å². The van der Waals surface area contributed by atoms with E-state index in [2.05, 4.69) is 0 Å². The molecule has 3 rings (SSSR count). The summed E-state index contributed by atoms with van der Waals surface area (Å²) in [4.78, 5) is 33.2. The molecular formula is C45H63AlO9. The van der Waals surface area contributed by atoms with Crippen molar-refractivity contribution in [2.24, 2.45) is 0 Å². The third kappa shape index (κ3) is 12.8. The molecule has 0 heterocycles. The Labute approximate surface area is 340 Å². The van der Waals surface area contributed by atoms with Gasteiger partial charge in [0, 0.05) is 0 Å². The van der Waals surface area contributed by atoms with Gasteiger partial charge in [-0.05, 0) is 84.1 Å². The average Bonchev–Trinajstić information content (AvgIpc) is 2.93. The molecule has 0 amide bonds. The first-order chi connectivity index (χ1) is 23.9. The maximum Gasteiger partial charge on any atom is 3.00 e. The van der Waals surface area contributed by atoms with Gasteiger partial charge in [-0.1, -0.05) is 160 Å². The largest absolute Gasteiger partial charge is 3.00 e. The third-order valence-electron chi connectivity index (χ3n) is 8.84. The standard InChI is InChI=1S/3C15H22O3.Al/c3*1-14(2,3)10-8-7-9(13(17)18)12(16)11(10)15(4,5)6;/h3*7-8,16H,1-6H3,(H,17,18);/q;;;+3/p-3. The van der Waals surface area contributed by atoms with Gasteiger partial charge in [0.2, 0.25) is 0 Å². The summed E-state index contributed by atoms with van der Waals surface area (Å²) < 4.78 is 0. The van der Waals surface area contributed by atoms with Gasteiger partial charge in [-0.2, -0.15) is 0 Å².